The number of likely N-dealkylation sites (N-methyl/N-ethyl adjacent to an activating group) is 1. The van der Waals surface area contributed by atoms with Gasteiger partial charge in [-0.3, -0.25) is 0 Å². The number of halogens is 1. The Bertz CT molecular complexity index is 277. The molecule has 0 radical (unpaired) electrons. The predicted molar refractivity (Wildman–Crippen MR) is 86.3 cm³/mol. The molecule has 0 spiro atoms. The first-order valence-electron chi connectivity index (χ1n) is 7.78. The van der Waals surface area contributed by atoms with Gasteiger partial charge in [0.2, 0.25) is 0 Å². The lowest BCUT2D eigenvalue weighted by Crippen LogP contribution is -2.35. The number of oxime groups is 1. The third kappa shape index (κ3) is 6.42. The van der Waals surface area contributed by atoms with Crippen LogP contribution in [0.4, 0.5) is 0 Å². The van der Waals surface area contributed by atoms with Crippen molar-refractivity contribution in [2.24, 2.45) is 10.6 Å². The van der Waals surface area contributed by atoms with E-state index in [-0.39, 0.29) is 12.0 Å². The summed E-state index contributed by atoms with van der Waals surface area (Å²) >= 11 is 6.10. The van der Waals surface area contributed by atoms with Crippen molar-refractivity contribution in [2.75, 3.05) is 26.2 Å². The van der Waals surface area contributed by atoms with Gasteiger partial charge >= 0.3 is 0 Å². The molecule has 1 aliphatic rings. The zero-order chi connectivity index (χ0) is 15.6. The van der Waals surface area contributed by atoms with Gasteiger partial charge in [-0.2, -0.15) is 0 Å². The second-order valence-corrected chi connectivity index (χ2v) is 5.59. The van der Waals surface area contributed by atoms with Crippen LogP contribution in [-0.4, -0.2) is 47.5 Å². The first kappa shape index (κ1) is 19.7. The molecule has 0 saturated heterocycles. The fourth-order valence-electron chi connectivity index (χ4n) is 2.04. The smallest absolute Gasteiger partial charge is 0.151 e. The number of rotatable bonds is 8. The summed E-state index contributed by atoms with van der Waals surface area (Å²) < 4.78 is 0. The molecule has 4 nitrogen and oxygen atoms in total. The Hall–Kier alpha value is -0.320. The van der Waals surface area contributed by atoms with Gasteiger partial charge in [0, 0.05) is 12.0 Å². The first-order valence-corrected chi connectivity index (χ1v) is 8.16. The van der Waals surface area contributed by atoms with Crippen molar-refractivity contribution in [1.29, 1.82) is 0 Å². The van der Waals surface area contributed by atoms with Crippen molar-refractivity contribution in [1.82, 2.24) is 4.90 Å². The maximum absolute atomic E-state index is 9.79. The Balaban J connectivity index is 0.00000172. The molecular weight excluding hydrogens is 276 g/mol. The molecule has 1 fully saturated rings. The lowest BCUT2D eigenvalue weighted by Gasteiger charge is -2.36. The van der Waals surface area contributed by atoms with Crippen LogP contribution < -0.4 is 0 Å². The molecule has 0 bridgehead atoms. The van der Waals surface area contributed by atoms with Crippen molar-refractivity contribution in [3.05, 3.63) is 0 Å². The van der Waals surface area contributed by atoms with Gasteiger partial charge in [0.25, 0.3) is 0 Å². The Morgan fingerprint density at radius 1 is 1.35 bits per heavy atom. The molecule has 1 unspecified atom stereocenters. The van der Waals surface area contributed by atoms with Crippen LogP contribution in [0.5, 0.6) is 0 Å². The minimum absolute atomic E-state index is 0.00534. The van der Waals surface area contributed by atoms with Crippen LogP contribution in [-0.2, 0) is 4.84 Å². The van der Waals surface area contributed by atoms with Gasteiger partial charge in [-0.15, -0.1) is 0 Å². The number of aliphatic hydroxyl groups is 1. The van der Waals surface area contributed by atoms with E-state index >= 15 is 0 Å². The van der Waals surface area contributed by atoms with Crippen molar-refractivity contribution in [3.8, 4) is 0 Å². The Morgan fingerprint density at radius 3 is 2.30 bits per heavy atom. The van der Waals surface area contributed by atoms with Crippen LogP contribution in [0.25, 0.3) is 0 Å². The highest BCUT2D eigenvalue weighted by atomic mass is 35.5. The lowest BCUT2D eigenvalue weighted by molar-refractivity contribution is 0.0195. The molecule has 0 aromatic carbocycles. The summed E-state index contributed by atoms with van der Waals surface area (Å²) in [7, 11) is 0. The number of aliphatic hydroxyl groups excluding tert-OH is 1. The van der Waals surface area contributed by atoms with Gasteiger partial charge in [-0.1, -0.05) is 57.8 Å². The average Bonchev–Trinajstić information content (AvgIpc) is 2.44. The number of nitrogens with zero attached hydrogens (tertiary/aromatic N) is 2. The number of hydrogen-bond donors (Lipinski definition) is 1. The van der Waals surface area contributed by atoms with Gasteiger partial charge in [0.15, 0.2) is 5.17 Å². The van der Waals surface area contributed by atoms with Gasteiger partial charge in [-0.25, -0.2) is 0 Å². The molecule has 0 aliphatic heterocycles. The lowest BCUT2D eigenvalue weighted by atomic mass is 9.71. The van der Waals surface area contributed by atoms with E-state index in [9.17, 15) is 5.11 Å². The van der Waals surface area contributed by atoms with E-state index in [0.29, 0.717) is 11.7 Å². The summed E-state index contributed by atoms with van der Waals surface area (Å²) in [5.74, 6) is 0. The zero-order valence-electron chi connectivity index (χ0n) is 13.7. The second-order valence-electron chi connectivity index (χ2n) is 5.23. The Kier molecular flexibility index (Phi) is 10.2. The molecule has 20 heavy (non-hydrogen) atoms. The average molecular weight is 307 g/mol. The van der Waals surface area contributed by atoms with Crippen LogP contribution in [0.1, 0.15) is 53.9 Å². The fourth-order valence-corrected chi connectivity index (χ4v) is 2.27. The molecule has 1 atom stereocenters. The molecule has 120 valence electrons. The Morgan fingerprint density at radius 2 is 1.90 bits per heavy atom. The van der Waals surface area contributed by atoms with Crippen molar-refractivity contribution >= 4 is 16.8 Å². The highest BCUT2D eigenvalue weighted by Gasteiger charge is 2.36. The summed E-state index contributed by atoms with van der Waals surface area (Å²) in [5.41, 5.74) is 0.00534. The SMILES string of the molecule is CC.CCN(CC)CC(O)CO/N=C(\Cl)C1(C)CCC1. The molecule has 5 heteroatoms. The van der Waals surface area contributed by atoms with Gasteiger partial charge in [0.1, 0.15) is 12.7 Å². The van der Waals surface area contributed by atoms with E-state index in [2.05, 4.69) is 30.8 Å². The van der Waals surface area contributed by atoms with Crippen LogP contribution in [0.3, 0.4) is 0 Å². The summed E-state index contributed by atoms with van der Waals surface area (Å²) in [4.78, 5) is 7.29. The minimum atomic E-state index is -0.521. The highest BCUT2D eigenvalue weighted by Crippen LogP contribution is 2.42. The van der Waals surface area contributed by atoms with Crippen LogP contribution in [0.15, 0.2) is 5.16 Å². The normalized spacial score (nSPS) is 18.9. The van der Waals surface area contributed by atoms with E-state index in [1.165, 1.54) is 6.42 Å². The first-order chi connectivity index (χ1) is 9.51. The van der Waals surface area contributed by atoms with E-state index in [0.717, 1.165) is 25.9 Å². The second kappa shape index (κ2) is 10.4. The van der Waals surface area contributed by atoms with Crippen LogP contribution in [0, 0.1) is 5.41 Å². The summed E-state index contributed by atoms with van der Waals surface area (Å²) in [6, 6.07) is 0. The van der Waals surface area contributed by atoms with Crippen LogP contribution >= 0.6 is 11.6 Å². The summed E-state index contributed by atoms with van der Waals surface area (Å²) in [5, 5.41) is 14.2. The highest BCUT2D eigenvalue weighted by molar-refractivity contribution is 6.66. The molecular formula is C15H31ClN2O2. The van der Waals surface area contributed by atoms with Crippen molar-refractivity contribution in [3.63, 3.8) is 0 Å². The van der Waals surface area contributed by atoms with Crippen LogP contribution in [0.2, 0.25) is 0 Å². The fraction of sp³-hybridized carbons (Fsp3) is 0.933. The number of hydrogen-bond acceptors (Lipinski definition) is 4. The summed E-state index contributed by atoms with van der Waals surface area (Å²) in [6.45, 7) is 12.9. The minimum Gasteiger partial charge on any atom is -0.392 e. The molecule has 0 aromatic heterocycles. The van der Waals surface area contributed by atoms with Gasteiger partial charge in [0.05, 0.1) is 0 Å². The standard InChI is InChI=1S/C13H25ClN2O2.C2H6/c1-4-16(5-2)9-11(17)10-18-15-12(14)13(3)7-6-8-13;1-2/h11,17H,4-10H2,1-3H3;1-2H3/b15-12-;. The molecule has 1 aliphatic carbocycles. The summed E-state index contributed by atoms with van der Waals surface area (Å²) in [6.07, 6.45) is 2.82. The third-order valence-electron chi connectivity index (χ3n) is 3.73. The molecule has 0 amide bonds. The van der Waals surface area contributed by atoms with Gasteiger partial charge < -0.3 is 14.8 Å². The zero-order valence-corrected chi connectivity index (χ0v) is 14.4. The van der Waals surface area contributed by atoms with Gasteiger partial charge in [-0.05, 0) is 25.9 Å². The Labute approximate surface area is 129 Å². The van der Waals surface area contributed by atoms with E-state index in [1.807, 2.05) is 13.8 Å². The maximum Gasteiger partial charge on any atom is 0.151 e. The largest absolute Gasteiger partial charge is 0.392 e. The predicted octanol–water partition coefficient (Wildman–Crippen LogP) is 3.47. The third-order valence-corrected chi connectivity index (χ3v) is 4.26. The maximum atomic E-state index is 9.79. The quantitative estimate of drug-likeness (QED) is 0.551. The van der Waals surface area contributed by atoms with Crippen molar-refractivity contribution in [2.45, 2.75) is 60.0 Å². The topological polar surface area (TPSA) is 45.1 Å². The molecule has 0 heterocycles. The molecule has 1 saturated carbocycles. The van der Waals surface area contributed by atoms with E-state index in [4.69, 9.17) is 16.4 Å². The monoisotopic (exact) mass is 306 g/mol. The molecule has 1 N–H and O–H groups in total. The molecule has 0 aromatic rings. The van der Waals surface area contributed by atoms with E-state index < -0.39 is 6.10 Å². The molecule has 1 rings (SSSR count). The van der Waals surface area contributed by atoms with Crippen molar-refractivity contribution < 1.29 is 9.94 Å². The van der Waals surface area contributed by atoms with E-state index in [1.54, 1.807) is 0 Å².